The minimum atomic E-state index is 0.150. The lowest BCUT2D eigenvalue weighted by Gasteiger charge is -2.11. The number of rotatable bonds is 6. The Kier molecular flexibility index (Phi) is 4.90. The van der Waals surface area contributed by atoms with Gasteiger partial charge in [-0.3, -0.25) is 4.79 Å². The number of carbonyl (C=O) groups excluding carboxylic acids is 1. The van der Waals surface area contributed by atoms with E-state index in [0.717, 1.165) is 24.8 Å². The molecule has 3 nitrogen and oxygen atoms in total. The van der Waals surface area contributed by atoms with Crippen molar-refractivity contribution in [3.8, 4) is 0 Å². The molecule has 0 N–H and O–H groups in total. The third kappa shape index (κ3) is 3.65. The minimum absolute atomic E-state index is 0.150. The lowest BCUT2D eigenvalue weighted by Crippen LogP contribution is -2.14. The van der Waals surface area contributed by atoms with E-state index < -0.39 is 0 Å². The van der Waals surface area contributed by atoms with Crippen molar-refractivity contribution >= 4 is 5.78 Å². The summed E-state index contributed by atoms with van der Waals surface area (Å²) in [5.74, 6) is 0.150. The molecule has 2 unspecified atom stereocenters. The number of ether oxygens (including phenoxy) is 2. The molecule has 1 aromatic rings. The van der Waals surface area contributed by atoms with Gasteiger partial charge in [0.15, 0.2) is 5.78 Å². The van der Waals surface area contributed by atoms with Crippen LogP contribution < -0.4 is 0 Å². The standard InChI is InChI=1S/C15H20O3/c1-17-13-7-8-14(11-13)18-10-9-15(16)12-5-3-2-4-6-12/h2-6,13-14H,7-11H2,1H3. The number of methoxy groups -OCH3 is 1. The molecule has 0 spiro atoms. The van der Waals surface area contributed by atoms with Gasteiger partial charge in [0.05, 0.1) is 18.8 Å². The molecule has 2 rings (SSSR count). The van der Waals surface area contributed by atoms with Crippen LogP contribution in [0.3, 0.4) is 0 Å². The predicted molar refractivity (Wildman–Crippen MR) is 69.8 cm³/mol. The van der Waals surface area contributed by atoms with Crippen molar-refractivity contribution in [3.05, 3.63) is 35.9 Å². The van der Waals surface area contributed by atoms with Crippen LogP contribution in [0, 0.1) is 0 Å². The second-order valence-electron chi connectivity index (χ2n) is 4.70. The highest BCUT2D eigenvalue weighted by atomic mass is 16.5. The van der Waals surface area contributed by atoms with E-state index in [1.165, 1.54) is 0 Å². The van der Waals surface area contributed by atoms with Crippen LogP contribution in [0.25, 0.3) is 0 Å². The van der Waals surface area contributed by atoms with Crippen LogP contribution in [0.1, 0.15) is 36.0 Å². The van der Waals surface area contributed by atoms with Crippen molar-refractivity contribution in [2.24, 2.45) is 0 Å². The lowest BCUT2D eigenvalue weighted by molar-refractivity contribution is 0.0366. The van der Waals surface area contributed by atoms with E-state index in [2.05, 4.69) is 0 Å². The topological polar surface area (TPSA) is 35.5 Å². The van der Waals surface area contributed by atoms with Crippen molar-refractivity contribution < 1.29 is 14.3 Å². The van der Waals surface area contributed by atoms with Crippen LogP contribution in [-0.2, 0) is 9.47 Å². The van der Waals surface area contributed by atoms with Gasteiger partial charge in [-0.25, -0.2) is 0 Å². The van der Waals surface area contributed by atoms with Crippen LogP contribution >= 0.6 is 0 Å². The van der Waals surface area contributed by atoms with E-state index in [0.29, 0.717) is 19.1 Å². The first-order chi connectivity index (χ1) is 8.79. The summed E-state index contributed by atoms with van der Waals surface area (Å²) in [6, 6.07) is 9.37. The molecule has 1 saturated carbocycles. The van der Waals surface area contributed by atoms with E-state index in [-0.39, 0.29) is 11.9 Å². The van der Waals surface area contributed by atoms with Gasteiger partial charge in [-0.2, -0.15) is 0 Å². The van der Waals surface area contributed by atoms with Gasteiger partial charge in [0, 0.05) is 19.1 Å². The Labute approximate surface area is 108 Å². The molecule has 18 heavy (non-hydrogen) atoms. The highest BCUT2D eigenvalue weighted by Gasteiger charge is 2.24. The van der Waals surface area contributed by atoms with E-state index >= 15 is 0 Å². The van der Waals surface area contributed by atoms with Crippen molar-refractivity contribution in [2.45, 2.75) is 37.9 Å². The highest BCUT2D eigenvalue weighted by Crippen LogP contribution is 2.24. The normalized spacial score (nSPS) is 23.2. The number of hydrogen-bond acceptors (Lipinski definition) is 3. The summed E-state index contributed by atoms with van der Waals surface area (Å²) in [6.45, 7) is 0.509. The molecular formula is C15H20O3. The molecule has 3 heteroatoms. The second-order valence-corrected chi connectivity index (χ2v) is 4.70. The van der Waals surface area contributed by atoms with Crippen molar-refractivity contribution in [2.75, 3.05) is 13.7 Å². The minimum Gasteiger partial charge on any atom is -0.381 e. The number of ketones is 1. The molecule has 2 atom stereocenters. The zero-order valence-electron chi connectivity index (χ0n) is 10.8. The van der Waals surface area contributed by atoms with E-state index in [1.807, 2.05) is 30.3 Å². The van der Waals surface area contributed by atoms with E-state index in [1.54, 1.807) is 7.11 Å². The average Bonchev–Trinajstić information content (AvgIpc) is 2.87. The van der Waals surface area contributed by atoms with E-state index in [4.69, 9.17) is 9.47 Å². The first kappa shape index (κ1) is 13.2. The third-order valence-electron chi connectivity index (χ3n) is 3.45. The van der Waals surface area contributed by atoms with Crippen molar-refractivity contribution in [3.63, 3.8) is 0 Å². The molecule has 0 aromatic heterocycles. The maximum Gasteiger partial charge on any atom is 0.165 e. The first-order valence-corrected chi connectivity index (χ1v) is 6.52. The highest BCUT2D eigenvalue weighted by molar-refractivity contribution is 5.96. The molecule has 1 aliphatic rings. The molecule has 0 radical (unpaired) electrons. The van der Waals surface area contributed by atoms with Gasteiger partial charge >= 0.3 is 0 Å². The fourth-order valence-corrected chi connectivity index (χ4v) is 2.35. The van der Waals surface area contributed by atoms with Gasteiger partial charge < -0.3 is 9.47 Å². The molecule has 1 aromatic carbocycles. The monoisotopic (exact) mass is 248 g/mol. The lowest BCUT2D eigenvalue weighted by atomic mass is 10.1. The fourth-order valence-electron chi connectivity index (χ4n) is 2.35. The summed E-state index contributed by atoms with van der Waals surface area (Å²) < 4.78 is 11.0. The average molecular weight is 248 g/mol. The molecule has 0 amide bonds. The zero-order valence-corrected chi connectivity index (χ0v) is 10.8. The summed E-state index contributed by atoms with van der Waals surface area (Å²) in [7, 11) is 1.74. The fraction of sp³-hybridized carbons (Fsp3) is 0.533. The summed E-state index contributed by atoms with van der Waals surface area (Å²) in [5.41, 5.74) is 0.766. The van der Waals surface area contributed by atoms with Gasteiger partial charge in [0.25, 0.3) is 0 Å². The van der Waals surface area contributed by atoms with E-state index in [9.17, 15) is 4.79 Å². The molecule has 0 aliphatic heterocycles. The third-order valence-corrected chi connectivity index (χ3v) is 3.45. The van der Waals surface area contributed by atoms with Crippen LogP contribution in [0.2, 0.25) is 0 Å². The molecule has 1 fully saturated rings. The molecule has 0 bridgehead atoms. The van der Waals surface area contributed by atoms with Gasteiger partial charge in [0.2, 0.25) is 0 Å². The molecular weight excluding hydrogens is 228 g/mol. The number of benzene rings is 1. The molecule has 0 saturated heterocycles. The Morgan fingerprint density at radius 1 is 1.22 bits per heavy atom. The Hall–Kier alpha value is -1.19. The Balaban J connectivity index is 1.68. The summed E-state index contributed by atoms with van der Waals surface area (Å²) in [4.78, 5) is 11.8. The predicted octanol–water partition coefficient (Wildman–Crippen LogP) is 2.84. The SMILES string of the molecule is COC1CCC(OCCC(=O)c2ccccc2)C1. The second kappa shape index (κ2) is 6.66. The zero-order chi connectivity index (χ0) is 12.8. The van der Waals surface area contributed by atoms with Crippen LogP contribution in [0.15, 0.2) is 30.3 Å². The van der Waals surface area contributed by atoms with Crippen molar-refractivity contribution in [1.82, 2.24) is 0 Å². The van der Waals surface area contributed by atoms with Crippen LogP contribution in [0.4, 0.5) is 0 Å². The van der Waals surface area contributed by atoms with Crippen LogP contribution in [-0.4, -0.2) is 31.7 Å². The van der Waals surface area contributed by atoms with Gasteiger partial charge in [0.1, 0.15) is 0 Å². The number of hydrogen-bond donors (Lipinski definition) is 0. The molecule has 0 heterocycles. The largest absolute Gasteiger partial charge is 0.381 e. The first-order valence-electron chi connectivity index (χ1n) is 6.52. The Morgan fingerprint density at radius 3 is 2.61 bits per heavy atom. The summed E-state index contributed by atoms with van der Waals surface area (Å²) >= 11 is 0. The quantitative estimate of drug-likeness (QED) is 0.726. The van der Waals surface area contributed by atoms with Gasteiger partial charge in [-0.1, -0.05) is 30.3 Å². The smallest absolute Gasteiger partial charge is 0.165 e. The van der Waals surface area contributed by atoms with Crippen molar-refractivity contribution in [1.29, 1.82) is 0 Å². The number of carbonyl (C=O) groups is 1. The van der Waals surface area contributed by atoms with Crippen LogP contribution in [0.5, 0.6) is 0 Å². The Bertz CT molecular complexity index is 375. The number of Topliss-reactive ketones (excluding diaryl/α,β-unsaturated/α-hetero) is 1. The summed E-state index contributed by atoms with van der Waals surface area (Å²) in [5, 5.41) is 0. The summed E-state index contributed by atoms with van der Waals surface area (Å²) in [6.07, 6.45) is 4.11. The maximum atomic E-state index is 11.8. The molecule has 1 aliphatic carbocycles. The molecule has 98 valence electrons. The Morgan fingerprint density at radius 2 is 1.94 bits per heavy atom. The van der Waals surface area contributed by atoms with Gasteiger partial charge in [-0.15, -0.1) is 0 Å². The van der Waals surface area contributed by atoms with Gasteiger partial charge in [-0.05, 0) is 19.3 Å². The maximum absolute atomic E-state index is 11.8.